The fourth-order valence-corrected chi connectivity index (χ4v) is 10.3. The Labute approximate surface area is 268 Å². The number of nitrogens with zero attached hydrogens (tertiary/aromatic N) is 2. The van der Waals surface area contributed by atoms with Gasteiger partial charge in [-0.05, 0) is 111 Å². The van der Waals surface area contributed by atoms with Gasteiger partial charge in [0, 0.05) is 30.3 Å². The van der Waals surface area contributed by atoms with Crippen molar-refractivity contribution in [3.8, 4) is 6.07 Å². The molecule has 0 spiro atoms. The molecule has 5 atom stereocenters. The number of hydrogen-bond acceptors (Lipinski definition) is 4. The summed E-state index contributed by atoms with van der Waals surface area (Å²) in [5, 5.41) is 9.98. The van der Waals surface area contributed by atoms with E-state index in [1.165, 1.54) is 12.8 Å². The van der Waals surface area contributed by atoms with Crippen molar-refractivity contribution in [1.82, 2.24) is 4.90 Å². The van der Waals surface area contributed by atoms with E-state index in [2.05, 4.69) is 59.4 Å². The molecule has 4 rings (SSSR count). The van der Waals surface area contributed by atoms with Crippen LogP contribution in [0.4, 0.5) is 0 Å². The summed E-state index contributed by atoms with van der Waals surface area (Å²) in [4.78, 5) is 41.5. The fourth-order valence-electron chi connectivity index (χ4n) is 10.3. The Morgan fingerprint density at radius 1 is 1.05 bits per heavy atom. The second-order valence-electron chi connectivity index (χ2n) is 17.7. The first-order valence-electron chi connectivity index (χ1n) is 17.4. The Bertz CT molecular complexity index is 1270. The molecule has 3 aliphatic carbocycles. The second kappa shape index (κ2) is 11.9. The van der Waals surface area contributed by atoms with Crippen molar-refractivity contribution in [1.29, 1.82) is 5.26 Å². The van der Waals surface area contributed by atoms with Crippen LogP contribution < -0.4 is 0 Å². The van der Waals surface area contributed by atoms with E-state index in [4.69, 9.17) is 0 Å². The summed E-state index contributed by atoms with van der Waals surface area (Å²) in [5.74, 6) is 0.834. The number of amides is 1. The van der Waals surface area contributed by atoms with Crippen LogP contribution >= 0.6 is 0 Å². The number of hydrogen-bond donors (Lipinski definition) is 0. The highest BCUT2D eigenvalue weighted by atomic mass is 16.2. The van der Waals surface area contributed by atoms with E-state index in [1.54, 1.807) is 6.92 Å². The molecule has 1 unspecified atom stereocenters. The quantitative estimate of drug-likeness (QED) is 0.259. The average molecular weight is 605 g/mol. The van der Waals surface area contributed by atoms with Gasteiger partial charge in [0.15, 0.2) is 11.6 Å². The molecule has 0 aromatic heterocycles. The molecule has 1 amide bonds. The van der Waals surface area contributed by atoms with Gasteiger partial charge >= 0.3 is 0 Å². The van der Waals surface area contributed by atoms with E-state index in [-0.39, 0.29) is 39.3 Å². The van der Waals surface area contributed by atoms with E-state index in [1.807, 2.05) is 26.0 Å². The van der Waals surface area contributed by atoms with Gasteiger partial charge in [-0.15, -0.1) is 0 Å². The van der Waals surface area contributed by atoms with Crippen LogP contribution in [0.25, 0.3) is 0 Å². The molecule has 5 heteroatoms. The van der Waals surface area contributed by atoms with Crippen LogP contribution in [0.3, 0.4) is 0 Å². The van der Waals surface area contributed by atoms with Crippen molar-refractivity contribution in [2.75, 3.05) is 13.1 Å². The lowest BCUT2D eigenvalue weighted by Gasteiger charge is -2.61. The lowest BCUT2D eigenvalue weighted by molar-refractivity contribution is -0.131. The van der Waals surface area contributed by atoms with E-state index in [0.29, 0.717) is 23.7 Å². The second-order valence-corrected chi connectivity index (χ2v) is 17.7. The van der Waals surface area contributed by atoms with Gasteiger partial charge in [0.25, 0.3) is 0 Å². The maximum Gasteiger partial charge on any atom is 0.222 e. The molecule has 1 saturated heterocycles. The van der Waals surface area contributed by atoms with Crippen LogP contribution in [0.2, 0.25) is 0 Å². The van der Waals surface area contributed by atoms with Gasteiger partial charge in [-0.3, -0.25) is 14.4 Å². The molecule has 0 aromatic carbocycles. The first-order valence-corrected chi connectivity index (χ1v) is 17.4. The highest BCUT2D eigenvalue weighted by Crippen LogP contribution is 2.67. The zero-order chi connectivity index (χ0) is 32.9. The van der Waals surface area contributed by atoms with Gasteiger partial charge in [0.05, 0.1) is 5.57 Å². The van der Waals surface area contributed by atoms with Crippen LogP contribution in [-0.4, -0.2) is 35.5 Å². The number of rotatable bonds is 8. The zero-order valence-corrected chi connectivity index (χ0v) is 29.6. The normalized spacial score (nSPS) is 36.0. The highest BCUT2D eigenvalue weighted by molar-refractivity contribution is 6.04. The van der Waals surface area contributed by atoms with Crippen molar-refractivity contribution >= 4 is 17.5 Å². The van der Waals surface area contributed by atoms with Gasteiger partial charge in [-0.25, -0.2) is 0 Å². The van der Waals surface area contributed by atoms with E-state index in [0.717, 1.165) is 70.0 Å². The van der Waals surface area contributed by atoms with E-state index < -0.39 is 10.8 Å². The number of likely N-dealkylation sites (tertiary alicyclic amines) is 1. The lowest BCUT2D eigenvalue weighted by Crippen LogP contribution is -2.56. The Morgan fingerprint density at radius 2 is 1.68 bits per heavy atom. The highest BCUT2D eigenvalue weighted by Gasteiger charge is 2.61. The third-order valence-electron chi connectivity index (χ3n) is 13.7. The molecule has 5 nitrogen and oxygen atoms in total. The van der Waals surface area contributed by atoms with Crippen LogP contribution in [-0.2, 0) is 14.4 Å². The summed E-state index contributed by atoms with van der Waals surface area (Å²) >= 11 is 0. The Kier molecular flexibility index (Phi) is 9.34. The minimum absolute atomic E-state index is 0.0190. The molecule has 1 aliphatic heterocycles. The molecule has 44 heavy (non-hydrogen) atoms. The molecule has 1 heterocycles. The van der Waals surface area contributed by atoms with Crippen molar-refractivity contribution in [3.63, 3.8) is 0 Å². The number of nitriles is 1. The van der Waals surface area contributed by atoms with Crippen molar-refractivity contribution in [2.24, 2.45) is 44.3 Å². The summed E-state index contributed by atoms with van der Waals surface area (Å²) in [6, 6.07) is 2.20. The fraction of sp³-hybridized carbons (Fsp3) is 0.795. The van der Waals surface area contributed by atoms with Crippen LogP contribution in [0, 0.1) is 55.7 Å². The molecule has 0 aromatic rings. The molecule has 0 bridgehead atoms. The number of Topliss-reactive ketones (excluding diaryl/α,β-unsaturated/α-hetero) is 1. The summed E-state index contributed by atoms with van der Waals surface area (Å²) in [5.41, 5.74) is 0.0933. The molecule has 3 fully saturated rings. The third-order valence-corrected chi connectivity index (χ3v) is 13.7. The molecular weight excluding hydrogens is 544 g/mol. The average Bonchev–Trinajstić information content (AvgIpc) is 3.47. The van der Waals surface area contributed by atoms with E-state index in [9.17, 15) is 19.6 Å². The number of carbonyl (C=O) groups is 3. The lowest BCUT2D eigenvalue weighted by atomic mass is 9.42. The topological polar surface area (TPSA) is 78.2 Å². The third kappa shape index (κ3) is 6.01. The van der Waals surface area contributed by atoms with Gasteiger partial charge in [-0.1, -0.05) is 74.0 Å². The number of ketones is 2. The summed E-state index contributed by atoms with van der Waals surface area (Å²) in [7, 11) is 0. The minimum atomic E-state index is -0.674. The minimum Gasteiger partial charge on any atom is -0.343 e. The zero-order valence-electron chi connectivity index (χ0n) is 29.6. The smallest absolute Gasteiger partial charge is 0.222 e. The Balaban J connectivity index is 1.68. The molecule has 4 aliphatic rings. The van der Waals surface area contributed by atoms with Gasteiger partial charge in [0.2, 0.25) is 5.91 Å². The van der Waals surface area contributed by atoms with Crippen molar-refractivity contribution in [3.05, 3.63) is 23.3 Å². The molecule has 0 radical (unpaired) electrons. The van der Waals surface area contributed by atoms with E-state index >= 15 is 0 Å². The van der Waals surface area contributed by atoms with Gasteiger partial charge in [-0.2, -0.15) is 5.26 Å². The Morgan fingerprint density at radius 3 is 2.25 bits per heavy atom. The monoisotopic (exact) mass is 604 g/mol. The maximum absolute atomic E-state index is 13.3. The Hall–Kier alpha value is -2.22. The molecule has 2 saturated carbocycles. The summed E-state index contributed by atoms with van der Waals surface area (Å²) in [6.07, 6.45) is 15.0. The molecular formula is C39H60N2O3. The predicted molar refractivity (Wildman–Crippen MR) is 177 cm³/mol. The standard InChI is InChI=1S/C39H60N2O3/c1-27-24-34(3,4)17-19-39(27,16-14-32(43)41-21-11-12-22-41)20-18-35(5,6)38(10)15-13-30-36(7,8)33(44)29(26-40)25-37(30,9)31(38)23-28(2)42/h23,25,27,30H,11-22,24H2,1-10H3/b31-23-/t27?,30-,37-,38+,39+/m0/s1. The van der Waals surface area contributed by atoms with Gasteiger partial charge < -0.3 is 4.90 Å². The molecule has 0 N–H and O–H groups in total. The summed E-state index contributed by atoms with van der Waals surface area (Å²) in [6.45, 7) is 23.9. The number of fused-ring (bicyclic) bond motifs is 1. The van der Waals surface area contributed by atoms with Crippen LogP contribution in [0.1, 0.15) is 140 Å². The predicted octanol–water partition coefficient (Wildman–Crippen LogP) is 9.02. The van der Waals surface area contributed by atoms with Crippen molar-refractivity contribution < 1.29 is 14.4 Å². The first-order chi connectivity index (χ1) is 20.2. The number of carbonyl (C=O) groups excluding carboxylic acids is 3. The largest absolute Gasteiger partial charge is 0.343 e. The van der Waals surface area contributed by atoms with Gasteiger partial charge in [0.1, 0.15) is 6.07 Å². The maximum atomic E-state index is 13.3. The first kappa shape index (κ1) is 34.6. The SMILES string of the molecule is CC(=O)/C=C1/[C@@]2(C)C=C(C#N)C(=O)C(C)(C)[C@@H]2CC[C@@]1(C)C(C)(C)CC[C@@]1(CCC(=O)N2CCCC2)CCC(C)(C)CC1C. The molecule has 244 valence electrons. The van der Waals surface area contributed by atoms with Crippen LogP contribution in [0.5, 0.6) is 0 Å². The van der Waals surface area contributed by atoms with Crippen LogP contribution in [0.15, 0.2) is 23.3 Å². The summed E-state index contributed by atoms with van der Waals surface area (Å²) < 4.78 is 0. The number of allylic oxidation sites excluding steroid dienone is 4. The van der Waals surface area contributed by atoms with Crippen molar-refractivity contribution in [2.45, 2.75) is 140 Å².